The van der Waals surface area contributed by atoms with E-state index in [4.69, 9.17) is 21.1 Å². The summed E-state index contributed by atoms with van der Waals surface area (Å²) in [7, 11) is 0. The molecule has 0 aliphatic carbocycles. The van der Waals surface area contributed by atoms with Crippen LogP contribution in [0.5, 0.6) is 5.75 Å². The molecule has 0 saturated carbocycles. The minimum absolute atomic E-state index is 0.142. The lowest BCUT2D eigenvalue weighted by molar-refractivity contribution is 0.00309. The molecule has 1 aromatic carbocycles. The van der Waals surface area contributed by atoms with E-state index in [-0.39, 0.29) is 5.41 Å². The van der Waals surface area contributed by atoms with E-state index in [1.54, 1.807) is 0 Å². The molecular formula is C15H21ClO2S. The first-order valence-corrected chi connectivity index (χ1v) is 7.65. The Bertz CT molecular complexity index is 419. The molecule has 1 aliphatic heterocycles. The van der Waals surface area contributed by atoms with Crippen molar-refractivity contribution < 1.29 is 9.47 Å². The van der Waals surface area contributed by atoms with E-state index >= 15 is 0 Å². The molecule has 0 unspecified atom stereocenters. The zero-order chi connectivity index (χ0) is 13.9. The lowest BCUT2D eigenvalue weighted by Gasteiger charge is -2.35. The fourth-order valence-corrected chi connectivity index (χ4v) is 2.90. The predicted octanol–water partition coefficient (Wildman–Crippen LogP) is 4.06. The van der Waals surface area contributed by atoms with Crippen LogP contribution in [0, 0.1) is 19.3 Å². The summed E-state index contributed by atoms with van der Waals surface area (Å²) in [6, 6.07) is 4.00. The summed E-state index contributed by atoms with van der Waals surface area (Å²) in [4.78, 5) is 0. The zero-order valence-electron chi connectivity index (χ0n) is 11.5. The van der Waals surface area contributed by atoms with Gasteiger partial charge in [-0.15, -0.1) is 0 Å². The summed E-state index contributed by atoms with van der Waals surface area (Å²) in [5, 5.41) is 0.822. The Labute approximate surface area is 125 Å². The van der Waals surface area contributed by atoms with Gasteiger partial charge in [-0.2, -0.15) is 12.6 Å². The number of aryl methyl sites for hydroxylation is 2. The molecule has 4 heteroatoms. The summed E-state index contributed by atoms with van der Waals surface area (Å²) in [5.74, 6) is 1.73. The van der Waals surface area contributed by atoms with Gasteiger partial charge in [0.25, 0.3) is 0 Å². The van der Waals surface area contributed by atoms with Crippen molar-refractivity contribution >= 4 is 24.2 Å². The van der Waals surface area contributed by atoms with Crippen LogP contribution in [0.25, 0.3) is 0 Å². The van der Waals surface area contributed by atoms with E-state index in [9.17, 15) is 0 Å². The van der Waals surface area contributed by atoms with Crippen molar-refractivity contribution in [1.82, 2.24) is 0 Å². The van der Waals surface area contributed by atoms with Crippen molar-refractivity contribution in [3.05, 3.63) is 28.3 Å². The number of rotatable bonds is 4. The molecule has 19 heavy (non-hydrogen) atoms. The van der Waals surface area contributed by atoms with Gasteiger partial charge in [-0.1, -0.05) is 11.6 Å². The van der Waals surface area contributed by atoms with E-state index in [0.29, 0.717) is 6.61 Å². The smallest absolute Gasteiger partial charge is 0.119 e. The van der Waals surface area contributed by atoms with Crippen LogP contribution in [0.3, 0.4) is 0 Å². The van der Waals surface area contributed by atoms with E-state index in [1.165, 1.54) is 0 Å². The van der Waals surface area contributed by atoms with Crippen LogP contribution in [0.1, 0.15) is 24.0 Å². The molecule has 2 rings (SSSR count). The predicted molar refractivity (Wildman–Crippen MR) is 82.8 cm³/mol. The van der Waals surface area contributed by atoms with Gasteiger partial charge in [-0.05, 0) is 55.7 Å². The highest BCUT2D eigenvalue weighted by atomic mass is 35.5. The molecule has 0 atom stereocenters. The maximum atomic E-state index is 6.17. The SMILES string of the molecule is Cc1cc(OCC2(CS)CCOCC2)cc(C)c1Cl. The van der Waals surface area contributed by atoms with E-state index in [1.807, 2.05) is 26.0 Å². The highest BCUT2D eigenvalue weighted by Gasteiger charge is 2.32. The van der Waals surface area contributed by atoms with Crippen LogP contribution in [0.2, 0.25) is 5.02 Å². The van der Waals surface area contributed by atoms with Crippen molar-refractivity contribution in [2.75, 3.05) is 25.6 Å². The van der Waals surface area contributed by atoms with Crippen LogP contribution in [0.15, 0.2) is 12.1 Å². The molecule has 1 fully saturated rings. The summed E-state index contributed by atoms with van der Waals surface area (Å²) < 4.78 is 11.4. The maximum absolute atomic E-state index is 6.17. The molecule has 0 bridgehead atoms. The van der Waals surface area contributed by atoms with Crippen molar-refractivity contribution in [2.24, 2.45) is 5.41 Å². The number of ether oxygens (including phenoxy) is 2. The number of halogens is 1. The monoisotopic (exact) mass is 300 g/mol. The molecule has 0 spiro atoms. The molecule has 106 valence electrons. The summed E-state index contributed by atoms with van der Waals surface area (Å²) in [5.41, 5.74) is 2.26. The Balaban J connectivity index is 2.05. The first-order valence-electron chi connectivity index (χ1n) is 6.64. The minimum Gasteiger partial charge on any atom is -0.493 e. The van der Waals surface area contributed by atoms with Crippen molar-refractivity contribution in [3.8, 4) is 5.75 Å². The maximum Gasteiger partial charge on any atom is 0.119 e. The molecule has 1 aromatic rings. The Morgan fingerprint density at radius 3 is 2.37 bits per heavy atom. The van der Waals surface area contributed by atoms with Gasteiger partial charge in [0.1, 0.15) is 5.75 Å². The van der Waals surface area contributed by atoms with Gasteiger partial charge in [0.2, 0.25) is 0 Å². The van der Waals surface area contributed by atoms with E-state index < -0.39 is 0 Å². The highest BCUT2D eigenvalue weighted by Crippen LogP contribution is 2.33. The fraction of sp³-hybridized carbons (Fsp3) is 0.600. The average molecular weight is 301 g/mol. The molecule has 0 amide bonds. The Morgan fingerprint density at radius 2 is 1.84 bits per heavy atom. The summed E-state index contributed by atoms with van der Waals surface area (Å²) >= 11 is 10.7. The van der Waals surface area contributed by atoms with Crippen LogP contribution < -0.4 is 4.74 Å². The van der Waals surface area contributed by atoms with Gasteiger partial charge in [0.05, 0.1) is 6.61 Å². The van der Waals surface area contributed by atoms with Gasteiger partial charge < -0.3 is 9.47 Å². The molecule has 2 nitrogen and oxygen atoms in total. The number of thiol groups is 1. The summed E-state index contributed by atoms with van der Waals surface area (Å²) in [6.07, 6.45) is 2.03. The quantitative estimate of drug-likeness (QED) is 0.845. The van der Waals surface area contributed by atoms with Crippen LogP contribution in [-0.4, -0.2) is 25.6 Å². The first kappa shape index (κ1) is 15.0. The lowest BCUT2D eigenvalue weighted by Crippen LogP contribution is -2.36. The largest absolute Gasteiger partial charge is 0.493 e. The number of hydrogen-bond acceptors (Lipinski definition) is 3. The third kappa shape index (κ3) is 3.59. The second-order valence-corrected chi connectivity index (χ2v) is 6.12. The molecule has 0 radical (unpaired) electrons. The average Bonchev–Trinajstić information content (AvgIpc) is 2.43. The molecule has 1 heterocycles. The highest BCUT2D eigenvalue weighted by molar-refractivity contribution is 7.80. The second kappa shape index (κ2) is 6.38. The van der Waals surface area contributed by atoms with Crippen molar-refractivity contribution in [1.29, 1.82) is 0 Å². The second-order valence-electron chi connectivity index (χ2n) is 5.43. The van der Waals surface area contributed by atoms with E-state index in [0.717, 1.165) is 53.7 Å². The summed E-state index contributed by atoms with van der Waals surface area (Å²) in [6.45, 7) is 6.32. The molecule has 0 N–H and O–H groups in total. The Hall–Kier alpha value is -0.380. The minimum atomic E-state index is 0.142. The van der Waals surface area contributed by atoms with Gasteiger partial charge in [0.15, 0.2) is 0 Å². The molecule has 1 saturated heterocycles. The van der Waals surface area contributed by atoms with Gasteiger partial charge in [0, 0.05) is 23.7 Å². The normalized spacial score (nSPS) is 18.3. The van der Waals surface area contributed by atoms with Crippen LogP contribution in [0.4, 0.5) is 0 Å². The van der Waals surface area contributed by atoms with Gasteiger partial charge >= 0.3 is 0 Å². The third-order valence-electron chi connectivity index (χ3n) is 3.84. The van der Waals surface area contributed by atoms with Gasteiger partial charge in [-0.3, -0.25) is 0 Å². The topological polar surface area (TPSA) is 18.5 Å². The van der Waals surface area contributed by atoms with Crippen LogP contribution in [-0.2, 0) is 4.74 Å². The van der Waals surface area contributed by atoms with Crippen molar-refractivity contribution in [3.63, 3.8) is 0 Å². The van der Waals surface area contributed by atoms with Crippen LogP contribution >= 0.6 is 24.2 Å². The molecule has 1 aliphatic rings. The lowest BCUT2D eigenvalue weighted by atomic mass is 9.83. The molecular weight excluding hydrogens is 280 g/mol. The Morgan fingerprint density at radius 1 is 1.26 bits per heavy atom. The molecule has 0 aromatic heterocycles. The zero-order valence-corrected chi connectivity index (χ0v) is 13.2. The third-order valence-corrected chi connectivity index (χ3v) is 5.11. The van der Waals surface area contributed by atoms with Gasteiger partial charge in [-0.25, -0.2) is 0 Å². The standard InChI is InChI=1S/C15H21ClO2S/c1-11-7-13(8-12(2)14(11)16)18-9-15(10-19)3-5-17-6-4-15/h7-8,19H,3-6,9-10H2,1-2H3. The number of benzene rings is 1. The Kier molecular flexibility index (Phi) is 5.04. The first-order chi connectivity index (χ1) is 9.06. The number of hydrogen-bond donors (Lipinski definition) is 1. The fourth-order valence-electron chi connectivity index (χ4n) is 2.38. The van der Waals surface area contributed by atoms with Crippen molar-refractivity contribution in [2.45, 2.75) is 26.7 Å². The van der Waals surface area contributed by atoms with E-state index in [2.05, 4.69) is 12.6 Å².